The van der Waals surface area contributed by atoms with Crippen molar-refractivity contribution >= 4 is 11.8 Å². The number of unbranched alkanes of at least 4 members (excludes halogenated alkanes) is 4. The van der Waals surface area contributed by atoms with Crippen molar-refractivity contribution in [1.82, 2.24) is 4.42 Å². The molecule has 0 unspecified atom stereocenters. The van der Waals surface area contributed by atoms with Crippen LogP contribution in [0.1, 0.15) is 52.4 Å². The average Bonchev–Trinajstić information content (AvgIpc) is 2.06. The third-order valence-electron chi connectivity index (χ3n) is 2.01. The molecule has 0 rings (SSSR count). The van der Waals surface area contributed by atoms with Crippen molar-refractivity contribution < 1.29 is 0 Å². The molecule has 12 heavy (non-hydrogen) atoms. The van der Waals surface area contributed by atoms with E-state index in [1.165, 1.54) is 38.5 Å². The molecule has 0 N–H and O–H groups in total. The smallest absolute Gasteiger partial charge is 0.0139 e. The van der Waals surface area contributed by atoms with Gasteiger partial charge in [0.2, 0.25) is 0 Å². The highest BCUT2D eigenvalue weighted by Gasteiger charge is 1.98. The summed E-state index contributed by atoms with van der Waals surface area (Å²) in [6, 6.07) is 0. The van der Waals surface area contributed by atoms with E-state index in [-0.39, 0.29) is 0 Å². The Morgan fingerprint density at radius 1 is 0.833 bits per heavy atom. The maximum Gasteiger partial charge on any atom is 0.0139 e. The standard InChI is InChI=1S/C10H22ClN/c1-3-5-7-9-12(11)10-8-6-4-2/h3-10H2,1-2H3. The first-order chi connectivity index (χ1) is 5.81. The van der Waals surface area contributed by atoms with Gasteiger partial charge < -0.3 is 0 Å². The molecule has 0 aromatic carbocycles. The Kier molecular flexibility index (Phi) is 9.53. The molecule has 0 spiro atoms. The van der Waals surface area contributed by atoms with Crippen molar-refractivity contribution in [3.05, 3.63) is 0 Å². The number of halogens is 1. The van der Waals surface area contributed by atoms with E-state index in [0.29, 0.717) is 0 Å². The van der Waals surface area contributed by atoms with Gasteiger partial charge in [-0.2, -0.15) is 0 Å². The Morgan fingerprint density at radius 3 is 1.58 bits per heavy atom. The van der Waals surface area contributed by atoms with Gasteiger partial charge in [-0.25, -0.2) is 4.42 Å². The highest BCUT2D eigenvalue weighted by Crippen LogP contribution is 2.04. The van der Waals surface area contributed by atoms with Gasteiger partial charge in [-0.15, -0.1) is 0 Å². The minimum absolute atomic E-state index is 1.05. The molecule has 0 bridgehead atoms. The molecule has 0 saturated carbocycles. The molecule has 0 aliphatic carbocycles. The predicted molar refractivity (Wildman–Crippen MR) is 56.5 cm³/mol. The molecule has 74 valence electrons. The summed E-state index contributed by atoms with van der Waals surface area (Å²) in [5, 5.41) is 0. The zero-order valence-electron chi connectivity index (χ0n) is 8.48. The van der Waals surface area contributed by atoms with Gasteiger partial charge in [0.05, 0.1) is 0 Å². The van der Waals surface area contributed by atoms with E-state index in [9.17, 15) is 0 Å². The van der Waals surface area contributed by atoms with Gasteiger partial charge in [0, 0.05) is 13.1 Å². The summed E-state index contributed by atoms with van der Waals surface area (Å²) in [6.07, 6.45) is 7.64. The van der Waals surface area contributed by atoms with Gasteiger partial charge in [-0.05, 0) is 24.6 Å². The fourth-order valence-electron chi connectivity index (χ4n) is 1.18. The first-order valence-electron chi connectivity index (χ1n) is 5.22. The summed E-state index contributed by atoms with van der Waals surface area (Å²) in [7, 11) is 0. The topological polar surface area (TPSA) is 3.24 Å². The van der Waals surface area contributed by atoms with Gasteiger partial charge >= 0.3 is 0 Å². The number of hydrogen-bond donors (Lipinski definition) is 0. The molecule has 0 atom stereocenters. The summed E-state index contributed by atoms with van der Waals surface area (Å²) < 4.78 is 1.94. The number of rotatable bonds is 8. The second kappa shape index (κ2) is 9.34. The zero-order chi connectivity index (χ0) is 9.23. The third-order valence-corrected chi connectivity index (χ3v) is 2.35. The largest absolute Gasteiger partial charge is 0.220 e. The van der Waals surface area contributed by atoms with Crippen molar-refractivity contribution in [2.24, 2.45) is 0 Å². The summed E-state index contributed by atoms with van der Waals surface area (Å²) in [5.74, 6) is 0. The molecular formula is C10H22ClN. The van der Waals surface area contributed by atoms with Crippen LogP contribution < -0.4 is 0 Å². The van der Waals surface area contributed by atoms with Crippen LogP contribution in [-0.4, -0.2) is 17.5 Å². The van der Waals surface area contributed by atoms with Gasteiger partial charge in [-0.3, -0.25) is 0 Å². The Bertz CT molecular complexity index is 75.9. The molecule has 2 heteroatoms. The van der Waals surface area contributed by atoms with Crippen LogP contribution in [-0.2, 0) is 0 Å². The van der Waals surface area contributed by atoms with Crippen molar-refractivity contribution in [2.75, 3.05) is 13.1 Å². The Hall–Kier alpha value is 0.250. The van der Waals surface area contributed by atoms with E-state index in [1.807, 2.05) is 4.42 Å². The number of nitrogens with zero attached hydrogens (tertiary/aromatic N) is 1. The van der Waals surface area contributed by atoms with Crippen LogP contribution in [0.4, 0.5) is 0 Å². The molecular weight excluding hydrogens is 170 g/mol. The fourth-order valence-corrected chi connectivity index (χ4v) is 1.42. The quantitative estimate of drug-likeness (QED) is 0.417. The van der Waals surface area contributed by atoms with E-state index in [2.05, 4.69) is 13.8 Å². The molecule has 0 aliphatic rings. The van der Waals surface area contributed by atoms with Crippen LogP contribution in [0.25, 0.3) is 0 Å². The van der Waals surface area contributed by atoms with E-state index in [4.69, 9.17) is 11.8 Å². The third kappa shape index (κ3) is 8.35. The maximum absolute atomic E-state index is 5.99. The lowest BCUT2D eigenvalue weighted by atomic mass is 10.2. The Morgan fingerprint density at radius 2 is 1.25 bits per heavy atom. The molecule has 0 radical (unpaired) electrons. The SMILES string of the molecule is CCCCCN(Cl)CCCCC. The van der Waals surface area contributed by atoms with Gasteiger partial charge in [0.1, 0.15) is 0 Å². The molecule has 0 aromatic heterocycles. The maximum atomic E-state index is 5.99. The van der Waals surface area contributed by atoms with E-state index in [0.717, 1.165) is 13.1 Å². The minimum Gasteiger partial charge on any atom is -0.220 e. The second-order valence-corrected chi connectivity index (χ2v) is 3.80. The lowest BCUT2D eigenvalue weighted by molar-refractivity contribution is 0.420. The average molecular weight is 192 g/mol. The van der Waals surface area contributed by atoms with Crippen LogP contribution in [0.15, 0.2) is 0 Å². The van der Waals surface area contributed by atoms with Crippen LogP contribution in [0.3, 0.4) is 0 Å². The Balaban J connectivity index is 3.04. The lowest BCUT2D eigenvalue weighted by Gasteiger charge is -2.12. The Labute approximate surface area is 82.2 Å². The monoisotopic (exact) mass is 191 g/mol. The summed E-state index contributed by atoms with van der Waals surface area (Å²) >= 11 is 5.99. The van der Waals surface area contributed by atoms with E-state index in [1.54, 1.807) is 0 Å². The molecule has 0 aromatic rings. The van der Waals surface area contributed by atoms with Crippen LogP contribution in [0.2, 0.25) is 0 Å². The van der Waals surface area contributed by atoms with E-state index < -0.39 is 0 Å². The predicted octanol–water partition coefficient (Wildman–Crippen LogP) is 3.82. The van der Waals surface area contributed by atoms with Crippen LogP contribution in [0.5, 0.6) is 0 Å². The van der Waals surface area contributed by atoms with Crippen LogP contribution >= 0.6 is 11.8 Å². The first kappa shape index (κ1) is 12.2. The normalized spacial score (nSPS) is 11.0. The second-order valence-electron chi connectivity index (χ2n) is 3.32. The molecule has 0 aliphatic heterocycles. The minimum atomic E-state index is 1.05. The van der Waals surface area contributed by atoms with Crippen LogP contribution in [0, 0.1) is 0 Å². The fraction of sp³-hybridized carbons (Fsp3) is 1.00. The molecule has 1 nitrogen and oxygen atoms in total. The highest BCUT2D eigenvalue weighted by molar-refractivity contribution is 6.13. The highest BCUT2D eigenvalue weighted by atomic mass is 35.5. The number of hydrogen-bond acceptors (Lipinski definition) is 1. The van der Waals surface area contributed by atoms with Gasteiger partial charge in [0.15, 0.2) is 0 Å². The van der Waals surface area contributed by atoms with Crippen molar-refractivity contribution in [2.45, 2.75) is 52.4 Å². The summed E-state index contributed by atoms with van der Waals surface area (Å²) in [6.45, 7) is 6.55. The van der Waals surface area contributed by atoms with Crippen molar-refractivity contribution in [3.63, 3.8) is 0 Å². The van der Waals surface area contributed by atoms with Crippen molar-refractivity contribution in [3.8, 4) is 0 Å². The molecule has 0 fully saturated rings. The summed E-state index contributed by atoms with van der Waals surface area (Å²) in [5.41, 5.74) is 0. The molecule has 0 saturated heterocycles. The molecule has 0 amide bonds. The molecule has 0 heterocycles. The van der Waals surface area contributed by atoms with Crippen molar-refractivity contribution in [1.29, 1.82) is 0 Å². The van der Waals surface area contributed by atoms with E-state index >= 15 is 0 Å². The first-order valence-corrected chi connectivity index (χ1v) is 5.55. The van der Waals surface area contributed by atoms with Gasteiger partial charge in [-0.1, -0.05) is 39.5 Å². The van der Waals surface area contributed by atoms with Gasteiger partial charge in [0.25, 0.3) is 0 Å². The summed E-state index contributed by atoms with van der Waals surface area (Å²) in [4.78, 5) is 0. The lowest BCUT2D eigenvalue weighted by Crippen LogP contribution is -2.14. The zero-order valence-corrected chi connectivity index (χ0v) is 9.24.